The predicted molar refractivity (Wildman–Crippen MR) is 97.1 cm³/mol. The van der Waals surface area contributed by atoms with Gasteiger partial charge in [-0.25, -0.2) is 4.98 Å². The Labute approximate surface area is 143 Å². The third-order valence-electron chi connectivity index (χ3n) is 4.68. The van der Waals surface area contributed by atoms with Crippen molar-refractivity contribution in [3.05, 3.63) is 59.4 Å². The fourth-order valence-electron chi connectivity index (χ4n) is 3.14. The Morgan fingerprint density at radius 3 is 2.62 bits per heavy atom. The fourth-order valence-corrected chi connectivity index (χ4v) is 3.14. The van der Waals surface area contributed by atoms with E-state index in [4.69, 9.17) is 0 Å². The van der Waals surface area contributed by atoms with Gasteiger partial charge in [0.05, 0.1) is 11.9 Å². The summed E-state index contributed by atoms with van der Waals surface area (Å²) in [5.74, 6) is -0.0626. The van der Waals surface area contributed by atoms with Gasteiger partial charge in [0.25, 0.3) is 5.91 Å². The third-order valence-corrected chi connectivity index (χ3v) is 4.68. The maximum Gasteiger partial charge on any atom is 0.270 e. The number of aryl methyl sites for hydroxylation is 1. The standard InChI is InChI=1S/C20H25N3O/c1-15-7-5-6-8-16(15)13-21-18-11-12-19(22-14-18)20(24)23-17-9-3-2-4-10-17/h5-8,11-12,14,17,21H,2-4,9-10,13H2,1H3,(H,23,24). The molecule has 1 aromatic heterocycles. The number of amides is 1. The van der Waals surface area contributed by atoms with Crippen molar-refractivity contribution in [2.45, 2.75) is 51.6 Å². The molecule has 1 heterocycles. The molecule has 0 saturated heterocycles. The monoisotopic (exact) mass is 323 g/mol. The zero-order valence-electron chi connectivity index (χ0n) is 14.2. The van der Waals surface area contributed by atoms with Gasteiger partial charge in [-0.05, 0) is 43.0 Å². The zero-order valence-corrected chi connectivity index (χ0v) is 14.2. The molecule has 2 N–H and O–H groups in total. The Morgan fingerprint density at radius 2 is 1.92 bits per heavy atom. The Hall–Kier alpha value is -2.36. The van der Waals surface area contributed by atoms with Crippen molar-refractivity contribution < 1.29 is 4.79 Å². The van der Waals surface area contributed by atoms with Gasteiger partial charge >= 0.3 is 0 Å². The number of hydrogen-bond acceptors (Lipinski definition) is 3. The van der Waals surface area contributed by atoms with Crippen LogP contribution < -0.4 is 10.6 Å². The lowest BCUT2D eigenvalue weighted by Gasteiger charge is -2.22. The summed E-state index contributed by atoms with van der Waals surface area (Å²) in [7, 11) is 0. The minimum Gasteiger partial charge on any atom is -0.380 e. The van der Waals surface area contributed by atoms with E-state index >= 15 is 0 Å². The molecule has 1 saturated carbocycles. The van der Waals surface area contributed by atoms with E-state index in [1.807, 2.05) is 18.2 Å². The topological polar surface area (TPSA) is 54.0 Å². The van der Waals surface area contributed by atoms with E-state index in [1.165, 1.54) is 30.4 Å². The number of nitrogens with zero attached hydrogens (tertiary/aromatic N) is 1. The van der Waals surface area contributed by atoms with Gasteiger partial charge in [-0.2, -0.15) is 0 Å². The minimum atomic E-state index is -0.0626. The summed E-state index contributed by atoms with van der Waals surface area (Å²) in [5, 5.41) is 6.45. The van der Waals surface area contributed by atoms with E-state index in [0.717, 1.165) is 25.1 Å². The van der Waals surface area contributed by atoms with Gasteiger partial charge in [0.15, 0.2) is 0 Å². The van der Waals surface area contributed by atoms with Crippen LogP contribution in [0.15, 0.2) is 42.6 Å². The SMILES string of the molecule is Cc1ccccc1CNc1ccc(C(=O)NC2CCCCC2)nc1. The molecule has 4 heteroatoms. The Balaban J connectivity index is 1.54. The van der Waals surface area contributed by atoms with Crippen molar-refractivity contribution >= 4 is 11.6 Å². The fraction of sp³-hybridized carbons (Fsp3) is 0.400. The molecule has 0 radical (unpaired) electrons. The van der Waals surface area contributed by atoms with Gasteiger partial charge in [0.1, 0.15) is 5.69 Å². The number of carbonyl (C=O) groups excluding carboxylic acids is 1. The van der Waals surface area contributed by atoms with E-state index in [1.54, 1.807) is 12.3 Å². The first-order valence-electron chi connectivity index (χ1n) is 8.77. The molecule has 1 aromatic carbocycles. The molecule has 1 fully saturated rings. The number of benzene rings is 1. The molecule has 1 amide bonds. The first-order valence-corrected chi connectivity index (χ1v) is 8.77. The van der Waals surface area contributed by atoms with E-state index in [-0.39, 0.29) is 5.91 Å². The van der Waals surface area contributed by atoms with Gasteiger partial charge in [0.2, 0.25) is 0 Å². The van der Waals surface area contributed by atoms with Crippen LogP contribution in [0.5, 0.6) is 0 Å². The maximum atomic E-state index is 12.3. The molecule has 0 unspecified atom stereocenters. The quantitative estimate of drug-likeness (QED) is 0.872. The highest BCUT2D eigenvalue weighted by molar-refractivity contribution is 5.92. The van der Waals surface area contributed by atoms with Crippen molar-refractivity contribution in [2.75, 3.05) is 5.32 Å². The summed E-state index contributed by atoms with van der Waals surface area (Å²) < 4.78 is 0. The van der Waals surface area contributed by atoms with Crippen molar-refractivity contribution in [3.63, 3.8) is 0 Å². The maximum absolute atomic E-state index is 12.3. The van der Waals surface area contributed by atoms with Gasteiger partial charge < -0.3 is 10.6 Å². The highest BCUT2D eigenvalue weighted by Crippen LogP contribution is 2.18. The van der Waals surface area contributed by atoms with Crippen molar-refractivity contribution in [2.24, 2.45) is 0 Å². The smallest absolute Gasteiger partial charge is 0.270 e. The molecule has 4 nitrogen and oxygen atoms in total. The van der Waals surface area contributed by atoms with Crippen LogP contribution >= 0.6 is 0 Å². The lowest BCUT2D eigenvalue weighted by Crippen LogP contribution is -2.36. The number of hydrogen-bond donors (Lipinski definition) is 2. The van der Waals surface area contributed by atoms with Gasteiger partial charge in [-0.3, -0.25) is 4.79 Å². The molecule has 126 valence electrons. The third kappa shape index (κ3) is 4.34. The van der Waals surface area contributed by atoms with Crippen molar-refractivity contribution in [1.82, 2.24) is 10.3 Å². The Morgan fingerprint density at radius 1 is 1.12 bits per heavy atom. The molecule has 24 heavy (non-hydrogen) atoms. The zero-order chi connectivity index (χ0) is 16.8. The van der Waals surface area contributed by atoms with Gasteiger partial charge in [-0.1, -0.05) is 43.5 Å². The molecule has 1 aliphatic rings. The minimum absolute atomic E-state index is 0.0626. The second kappa shape index (κ2) is 7.95. The highest BCUT2D eigenvalue weighted by atomic mass is 16.1. The number of pyridine rings is 1. The van der Waals surface area contributed by atoms with E-state index in [2.05, 4.69) is 34.7 Å². The predicted octanol–water partition coefficient (Wildman–Crippen LogP) is 4.06. The van der Waals surface area contributed by atoms with Crippen LogP contribution in [0.3, 0.4) is 0 Å². The number of carbonyl (C=O) groups is 1. The van der Waals surface area contributed by atoms with Crippen LogP contribution in [-0.2, 0) is 6.54 Å². The first kappa shape index (κ1) is 16.5. The van der Waals surface area contributed by atoms with E-state index in [0.29, 0.717) is 11.7 Å². The average molecular weight is 323 g/mol. The summed E-state index contributed by atoms with van der Waals surface area (Å²) in [5.41, 5.74) is 3.94. The second-order valence-electron chi connectivity index (χ2n) is 6.52. The molecular formula is C20H25N3O. The molecule has 2 aromatic rings. The lowest BCUT2D eigenvalue weighted by molar-refractivity contribution is 0.0922. The van der Waals surface area contributed by atoms with Crippen LogP contribution in [0.1, 0.15) is 53.7 Å². The van der Waals surface area contributed by atoms with E-state index in [9.17, 15) is 4.79 Å². The number of rotatable bonds is 5. The largest absolute Gasteiger partial charge is 0.380 e. The van der Waals surface area contributed by atoms with Crippen molar-refractivity contribution in [3.8, 4) is 0 Å². The summed E-state index contributed by atoms with van der Waals surface area (Å²) in [6.07, 6.45) is 7.60. The summed E-state index contributed by atoms with van der Waals surface area (Å²) >= 11 is 0. The Bertz CT molecular complexity index is 676. The molecule has 1 aliphatic carbocycles. The highest BCUT2D eigenvalue weighted by Gasteiger charge is 2.17. The summed E-state index contributed by atoms with van der Waals surface area (Å²) in [6.45, 7) is 2.86. The van der Waals surface area contributed by atoms with Crippen LogP contribution in [0.25, 0.3) is 0 Å². The van der Waals surface area contributed by atoms with Crippen LogP contribution in [0.2, 0.25) is 0 Å². The molecular weight excluding hydrogens is 298 g/mol. The number of aromatic nitrogens is 1. The number of anilines is 1. The van der Waals surface area contributed by atoms with E-state index < -0.39 is 0 Å². The van der Waals surface area contributed by atoms with Crippen LogP contribution in [0.4, 0.5) is 5.69 Å². The molecule has 0 bridgehead atoms. The van der Waals surface area contributed by atoms with Crippen molar-refractivity contribution in [1.29, 1.82) is 0 Å². The van der Waals surface area contributed by atoms with Crippen LogP contribution in [-0.4, -0.2) is 16.9 Å². The van der Waals surface area contributed by atoms with Gasteiger partial charge in [-0.15, -0.1) is 0 Å². The first-order chi connectivity index (χ1) is 11.7. The van der Waals surface area contributed by atoms with Crippen LogP contribution in [0, 0.1) is 6.92 Å². The summed E-state index contributed by atoms with van der Waals surface area (Å²) in [6, 6.07) is 12.3. The average Bonchev–Trinajstić information content (AvgIpc) is 2.62. The molecule has 0 atom stereocenters. The normalized spacial score (nSPS) is 15.0. The Kier molecular flexibility index (Phi) is 5.47. The number of nitrogens with one attached hydrogen (secondary N) is 2. The second-order valence-corrected chi connectivity index (χ2v) is 6.52. The van der Waals surface area contributed by atoms with Gasteiger partial charge in [0, 0.05) is 12.6 Å². The molecule has 3 rings (SSSR count). The molecule has 0 spiro atoms. The molecule has 0 aliphatic heterocycles. The lowest BCUT2D eigenvalue weighted by atomic mass is 9.95. The summed E-state index contributed by atoms with van der Waals surface area (Å²) in [4.78, 5) is 16.6.